The Balaban J connectivity index is 1.27. The fraction of sp³-hybridized carbons (Fsp3) is 0.370. The number of hydrogen-bond acceptors (Lipinski definition) is 8. The lowest BCUT2D eigenvalue weighted by molar-refractivity contribution is 0.122. The Morgan fingerprint density at radius 1 is 1.14 bits per heavy atom. The Kier molecular flexibility index (Phi) is 4.98. The maximum absolute atomic E-state index is 10.2. The number of rotatable bonds is 4. The summed E-state index contributed by atoms with van der Waals surface area (Å²) in [5.74, 6) is 2.38. The second-order valence-electron chi connectivity index (χ2n) is 10.2. The molecule has 2 N–H and O–H groups in total. The van der Waals surface area contributed by atoms with Gasteiger partial charge >= 0.3 is 0 Å². The van der Waals surface area contributed by atoms with Crippen molar-refractivity contribution in [1.82, 2.24) is 24.8 Å². The fourth-order valence-corrected chi connectivity index (χ4v) is 7.93. The van der Waals surface area contributed by atoms with Crippen LogP contribution < -0.4 is 4.90 Å². The smallest absolute Gasteiger partial charge is 0.229 e. The van der Waals surface area contributed by atoms with Crippen LogP contribution in [0.4, 0.5) is 5.82 Å². The van der Waals surface area contributed by atoms with Crippen LogP contribution in [0.15, 0.2) is 47.1 Å². The van der Waals surface area contributed by atoms with E-state index in [4.69, 9.17) is 24.1 Å². The number of morpholine rings is 1. The Labute approximate surface area is 216 Å². The van der Waals surface area contributed by atoms with E-state index >= 15 is 0 Å². The van der Waals surface area contributed by atoms with Gasteiger partial charge in [-0.1, -0.05) is 12.1 Å². The highest BCUT2D eigenvalue weighted by molar-refractivity contribution is 7.92. The summed E-state index contributed by atoms with van der Waals surface area (Å²) in [6, 6.07) is 10.9. The van der Waals surface area contributed by atoms with Crippen molar-refractivity contribution in [1.29, 1.82) is 0 Å². The Hall–Kier alpha value is -3.18. The van der Waals surface area contributed by atoms with Gasteiger partial charge in [-0.25, -0.2) is 15.0 Å². The zero-order valence-corrected chi connectivity index (χ0v) is 21.1. The number of aromatic nitrogens is 4. The van der Waals surface area contributed by atoms with Crippen molar-refractivity contribution >= 4 is 50.1 Å². The Bertz CT molecular complexity index is 1640. The number of aromatic amines is 1. The molecule has 0 amide bonds. The molecule has 3 saturated heterocycles. The lowest BCUT2D eigenvalue weighted by atomic mass is 10.1. The minimum absolute atomic E-state index is 0.412. The topological polar surface area (TPSA) is 104 Å². The highest BCUT2D eigenvalue weighted by Crippen LogP contribution is 2.37. The van der Waals surface area contributed by atoms with E-state index in [1.54, 1.807) is 0 Å². The summed E-state index contributed by atoms with van der Waals surface area (Å²) < 4.78 is 22.1. The quantitative estimate of drug-likeness (QED) is 0.349. The van der Waals surface area contributed by atoms with E-state index in [1.165, 1.54) is 0 Å². The van der Waals surface area contributed by atoms with E-state index in [0.717, 1.165) is 77.1 Å². The van der Waals surface area contributed by atoms with Gasteiger partial charge < -0.3 is 19.0 Å². The van der Waals surface area contributed by atoms with Gasteiger partial charge in [0.25, 0.3) is 0 Å². The summed E-state index contributed by atoms with van der Waals surface area (Å²) in [4.78, 5) is 22.8. The molecular formula is C27H27N6O3S+. The van der Waals surface area contributed by atoms with E-state index in [-0.39, 0.29) is 0 Å². The predicted molar refractivity (Wildman–Crippen MR) is 145 cm³/mol. The molecule has 7 heterocycles. The normalized spacial score (nSPS) is 24.2. The maximum atomic E-state index is 10.2. The number of nitrogens with one attached hydrogen (secondary N) is 1. The molecule has 0 saturated carbocycles. The molecule has 3 fully saturated rings. The van der Waals surface area contributed by atoms with Crippen LogP contribution in [0, 0.1) is 0 Å². The third-order valence-corrected chi connectivity index (χ3v) is 9.82. The van der Waals surface area contributed by atoms with Gasteiger partial charge in [0.1, 0.15) is 16.7 Å². The predicted octanol–water partition coefficient (Wildman–Crippen LogP) is 3.80. The minimum Gasteiger partial charge on any atom is -0.432 e. The molecule has 188 valence electrons. The standard InChI is InChI=1S/C27H27N6O3S/c34-37-15-17-11-18(37)14-33(17)13-16-10-21-23-24(36-27(21)29-12-16)26(32-6-8-35-9-7-32)31-25(30-23)20-2-1-3-22-19(20)4-5-28-22/h1-5,10,12,17-18,28,34H,6-9,11,13-15H2/q+1/t17-,18-,37?/m0/s1. The van der Waals surface area contributed by atoms with Gasteiger partial charge in [0.05, 0.1) is 31.2 Å². The molecule has 5 aromatic rings. The second-order valence-corrected chi connectivity index (χ2v) is 12.0. The van der Waals surface area contributed by atoms with Crippen LogP contribution in [0.5, 0.6) is 0 Å². The van der Waals surface area contributed by atoms with Crippen LogP contribution in [-0.4, -0.2) is 79.3 Å². The van der Waals surface area contributed by atoms with Gasteiger partial charge in [-0.15, -0.1) is 0 Å². The number of hydrogen-bond donors (Lipinski definition) is 2. The van der Waals surface area contributed by atoms with Gasteiger partial charge in [0, 0.05) is 54.9 Å². The van der Waals surface area contributed by atoms with Crippen LogP contribution in [0.1, 0.15) is 12.0 Å². The fourth-order valence-electron chi connectivity index (χ4n) is 6.10. The molecule has 3 aliphatic rings. The number of pyridine rings is 1. The van der Waals surface area contributed by atoms with Crippen molar-refractivity contribution < 1.29 is 13.7 Å². The van der Waals surface area contributed by atoms with E-state index in [1.807, 2.05) is 18.5 Å². The van der Waals surface area contributed by atoms with Gasteiger partial charge in [0.15, 0.2) is 28.2 Å². The highest BCUT2D eigenvalue weighted by Gasteiger charge is 2.52. The van der Waals surface area contributed by atoms with Crippen LogP contribution in [0.25, 0.3) is 44.5 Å². The van der Waals surface area contributed by atoms with Crippen molar-refractivity contribution in [3.05, 3.63) is 48.3 Å². The van der Waals surface area contributed by atoms with Crippen LogP contribution in [0.2, 0.25) is 0 Å². The van der Waals surface area contributed by atoms with Crippen molar-refractivity contribution in [3.8, 4) is 11.4 Å². The maximum Gasteiger partial charge on any atom is 0.229 e. The molecule has 3 atom stereocenters. The van der Waals surface area contributed by atoms with E-state index in [2.05, 4.69) is 39.0 Å². The third-order valence-electron chi connectivity index (χ3n) is 7.98. The molecule has 0 radical (unpaired) electrons. The first-order valence-electron chi connectivity index (χ1n) is 12.8. The molecule has 1 unspecified atom stereocenters. The molecule has 10 heteroatoms. The number of ether oxygens (including phenoxy) is 1. The van der Waals surface area contributed by atoms with Crippen LogP contribution in [-0.2, 0) is 22.5 Å². The molecule has 9 nitrogen and oxygen atoms in total. The molecule has 0 aliphatic carbocycles. The molecule has 8 rings (SSSR count). The van der Waals surface area contributed by atoms with Gasteiger partial charge in [-0.05, 0) is 23.8 Å². The zero-order valence-electron chi connectivity index (χ0n) is 20.3. The monoisotopic (exact) mass is 515 g/mol. The zero-order chi connectivity index (χ0) is 24.5. The lowest BCUT2D eigenvalue weighted by Gasteiger charge is -2.27. The largest absolute Gasteiger partial charge is 0.432 e. The lowest BCUT2D eigenvalue weighted by Crippen LogP contribution is -2.39. The number of fused-ring (bicyclic) bond motifs is 6. The van der Waals surface area contributed by atoms with E-state index < -0.39 is 11.2 Å². The summed E-state index contributed by atoms with van der Waals surface area (Å²) in [7, 11) is 0. The Morgan fingerprint density at radius 3 is 2.89 bits per heavy atom. The second kappa shape index (κ2) is 8.42. The van der Waals surface area contributed by atoms with Gasteiger partial charge in [-0.3, -0.25) is 4.90 Å². The number of H-pyrrole nitrogens is 1. The average molecular weight is 516 g/mol. The first-order chi connectivity index (χ1) is 18.2. The van der Waals surface area contributed by atoms with Crippen LogP contribution in [0.3, 0.4) is 0 Å². The molecule has 4 aromatic heterocycles. The summed E-state index contributed by atoms with van der Waals surface area (Å²) in [6.07, 6.45) is 4.97. The molecule has 3 aliphatic heterocycles. The summed E-state index contributed by atoms with van der Waals surface area (Å²) in [5, 5.41) is 2.44. The first-order valence-corrected chi connectivity index (χ1v) is 14.2. The number of anilines is 1. The Morgan fingerprint density at radius 2 is 2.05 bits per heavy atom. The molecule has 0 spiro atoms. The molecular weight excluding hydrogens is 488 g/mol. The van der Waals surface area contributed by atoms with Gasteiger partial charge in [0.2, 0.25) is 5.71 Å². The number of furan rings is 1. The third kappa shape index (κ3) is 3.54. The minimum atomic E-state index is -0.412. The number of likely N-dealkylation sites (tertiary alicyclic amines) is 1. The average Bonchev–Trinajstić information content (AvgIpc) is 3.71. The highest BCUT2D eigenvalue weighted by atomic mass is 32.2. The van der Waals surface area contributed by atoms with Crippen molar-refractivity contribution in [2.45, 2.75) is 24.3 Å². The summed E-state index contributed by atoms with van der Waals surface area (Å²) in [5.41, 5.74) is 5.24. The van der Waals surface area contributed by atoms with Crippen molar-refractivity contribution in [2.24, 2.45) is 0 Å². The van der Waals surface area contributed by atoms with E-state index in [0.29, 0.717) is 41.6 Å². The SMILES string of the molecule is O[S+]1C[C@@H]2C[C@H]1CN2Cc1cnc2oc3c(N4CCOCC4)nc(-c4cccc5[nH]ccc45)nc3c2c1. The summed E-state index contributed by atoms with van der Waals surface area (Å²) in [6.45, 7) is 4.60. The summed E-state index contributed by atoms with van der Waals surface area (Å²) >= 11 is -0.412. The van der Waals surface area contributed by atoms with Crippen LogP contribution >= 0.6 is 0 Å². The number of benzene rings is 1. The van der Waals surface area contributed by atoms with E-state index in [9.17, 15) is 4.55 Å². The van der Waals surface area contributed by atoms with Gasteiger partial charge in [-0.2, -0.15) is 4.55 Å². The van der Waals surface area contributed by atoms with Crippen molar-refractivity contribution in [3.63, 3.8) is 0 Å². The molecule has 1 aromatic carbocycles. The van der Waals surface area contributed by atoms with Crippen molar-refractivity contribution in [2.75, 3.05) is 43.5 Å². The first kappa shape index (κ1) is 21.9. The molecule has 2 bridgehead atoms. The molecule has 37 heavy (non-hydrogen) atoms. The number of nitrogens with zero attached hydrogens (tertiary/aromatic N) is 5.